The first-order valence-corrected chi connectivity index (χ1v) is 8.50. The standard InChI is InChI=1S/C21H17N3O3/c1-14(25)23-15-7-9-17(10-8-15)24(16-5-3-2-4-6-16)20-19-13-22-12-11-18(19)21(26)27-20/h2-13,20H,1H3,(H,23,25). The minimum Gasteiger partial charge on any atom is -0.433 e. The number of para-hydroxylation sites is 1. The van der Waals surface area contributed by atoms with Crippen LogP contribution in [0.1, 0.15) is 29.1 Å². The molecule has 6 nitrogen and oxygen atoms in total. The van der Waals surface area contributed by atoms with Crippen molar-refractivity contribution in [1.29, 1.82) is 0 Å². The van der Waals surface area contributed by atoms with Gasteiger partial charge in [-0.2, -0.15) is 0 Å². The van der Waals surface area contributed by atoms with Crippen molar-refractivity contribution >= 4 is 28.9 Å². The van der Waals surface area contributed by atoms with E-state index >= 15 is 0 Å². The van der Waals surface area contributed by atoms with Crippen LogP contribution in [0.4, 0.5) is 17.1 Å². The Morgan fingerprint density at radius 3 is 2.44 bits per heavy atom. The van der Waals surface area contributed by atoms with Crippen LogP contribution in [0.25, 0.3) is 0 Å². The number of nitrogens with zero attached hydrogens (tertiary/aromatic N) is 2. The van der Waals surface area contributed by atoms with E-state index in [4.69, 9.17) is 4.74 Å². The van der Waals surface area contributed by atoms with Crippen LogP contribution < -0.4 is 10.2 Å². The lowest BCUT2D eigenvalue weighted by Gasteiger charge is -2.30. The number of aromatic nitrogens is 1. The molecule has 0 saturated heterocycles. The SMILES string of the molecule is CC(=O)Nc1ccc(N(c2ccccc2)C2OC(=O)c3ccncc32)cc1. The average Bonchev–Trinajstić information content (AvgIpc) is 3.01. The van der Waals surface area contributed by atoms with Crippen molar-refractivity contribution in [2.24, 2.45) is 0 Å². The van der Waals surface area contributed by atoms with Crippen LogP contribution in [0.2, 0.25) is 0 Å². The van der Waals surface area contributed by atoms with Gasteiger partial charge in [0.2, 0.25) is 12.1 Å². The molecule has 0 radical (unpaired) electrons. The summed E-state index contributed by atoms with van der Waals surface area (Å²) in [6.07, 6.45) is 2.62. The molecule has 1 aliphatic rings. The van der Waals surface area contributed by atoms with Gasteiger partial charge in [0.25, 0.3) is 0 Å². The van der Waals surface area contributed by atoms with Gasteiger partial charge in [0, 0.05) is 41.9 Å². The number of esters is 1. The first kappa shape index (κ1) is 16.8. The number of ether oxygens (including phenoxy) is 1. The highest BCUT2D eigenvalue weighted by molar-refractivity contribution is 5.94. The molecule has 1 N–H and O–H groups in total. The first-order valence-electron chi connectivity index (χ1n) is 8.50. The van der Waals surface area contributed by atoms with Crippen LogP contribution in [0.5, 0.6) is 0 Å². The highest BCUT2D eigenvalue weighted by Crippen LogP contribution is 2.40. The topological polar surface area (TPSA) is 71.5 Å². The molecule has 134 valence electrons. The number of carbonyl (C=O) groups excluding carboxylic acids is 2. The van der Waals surface area contributed by atoms with Crippen LogP contribution in [-0.2, 0) is 9.53 Å². The Labute approximate surface area is 156 Å². The normalized spacial score (nSPS) is 15.0. The summed E-state index contributed by atoms with van der Waals surface area (Å²) in [7, 11) is 0. The number of pyridine rings is 1. The summed E-state index contributed by atoms with van der Waals surface area (Å²) in [5.74, 6) is -0.499. The van der Waals surface area contributed by atoms with Gasteiger partial charge in [-0.15, -0.1) is 0 Å². The fourth-order valence-corrected chi connectivity index (χ4v) is 3.13. The van der Waals surface area contributed by atoms with Gasteiger partial charge in [-0.1, -0.05) is 18.2 Å². The van der Waals surface area contributed by atoms with Crippen LogP contribution in [0.3, 0.4) is 0 Å². The fraction of sp³-hybridized carbons (Fsp3) is 0.0952. The number of rotatable bonds is 4. The van der Waals surface area contributed by atoms with Crippen molar-refractivity contribution in [3.05, 3.63) is 84.2 Å². The minimum absolute atomic E-state index is 0.132. The molecule has 0 fully saturated rings. The molecule has 4 rings (SSSR count). The molecule has 1 amide bonds. The zero-order valence-corrected chi connectivity index (χ0v) is 14.6. The number of amides is 1. The smallest absolute Gasteiger partial charge is 0.340 e. The summed E-state index contributed by atoms with van der Waals surface area (Å²) < 4.78 is 5.67. The fourth-order valence-electron chi connectivity index (χ4n) is 3.13. The molecule has 1 aromatic heterocycles. The molecule has 27 heavy (non-hydrogen) atoms. The van der Waals surface area contributed by atoms with E-state index in [1.165, 1.54) is 6.92 Å². The van der Waals surface area contributed by atoms with Crippen molar-refractivity contribution in [2.45, 2.75) is 13.2 Å². The molecule has 0 bridgehead atoms. The van der Waals surface area contributed by atoms with Crippen LogP contribution in [0, 0.1) is 0 Å². The molecule has 0 saturated carbocycles. The Kier molecular flexibility index (Phi) is 4.30. The lowest BCUT2D eigenvalue weighted by Crippen LogP contribution is -2.24. The van der Waals surface area contributed by atoms with E-state index in [0.29, 0.717) is 11.3 Å². The molecule has 2 heterocycles. The second kappa shape index (κ2) is 6.92. The van der Waals surface area contributed by atoms with E-state index in [9.17, 15) is 9.59 Å². The van der Waals surface area contributed by atoms with E-state index in [1.54, 1.807) is 18.5 Å². The zero-order valence-electron chi connectivity index (χ0n) is 14.6. The van der Waals surface area contributed by atoms with Crippen LogP contribution in [0.15, 0.2) is 73.1 Å². The molecular weight excluding hydrogens is 342 g/mol. The second-order valence-electron chi connectivity index (χ2n) is 6.15. The van der Waals surface area contributed by atoms with Gasteiger partial charge in [-0.05, 0) is 42.5 Å². The molecule has 1 aliphatic heterocycles. The molecular formula is C21H17N3O3. The number of anilines is 3. The van der Waals surface area contributed by atoms with Gasteiger partial charge in [-0.25, -0.2) is 4.79 Å². The Hall–Kier alpha value is -3.67. The van der Waals surface area contributed by atoms with Crippen molar-refractivity contribution in [1.82, 2.24) is 4.98 Å². The van der Waals surface area contributed by atoms with E-state index in [1.807, 2.05) is 59.5 Å². The summed E-state index contributed by atoms with van der Waals surface area (Å²) in [6.45, 7) is 1.46. The summed E-state index contributed by atoms with van der Waals surface area (Å²) >= 11 is 0. The largest absolute Gasteiger partial charge is 0.433 e. The maximum Gasteiger partial charge on any atom is 0.340 e. The average molecular weight is 359 g/mol. The minimum atomic E-state index is -0.616. The quantitative estimate of drug-likeness (QED) is 0.712. The Morgan fingerprint density at radius 2 is 1.74 bits per heavy atom. The third kappa shape index (κ3) is 3.25. The predicted molar refractivity (Wildman–Crippen MR) is 102 cm³/mol. The summed E-state index contributed by atoms with van der Waals surface area (Å²) in [5, 5.41) is 2.75. The predicted octanol–water partition coefficient (Wildman–Crippen LogP) is 4.05. The molecule has 1 unspecified atom stereocenters. The number of carbonyl (C=O) groups is 2. The number of benzene rings is 2. The highest BCUT2D eigenvalue weighted by atomic mass is 16.6. The summed E-state index contributed by atoms with van der Waals surface area (Å²) in [4.78, 5) is 29.6. The summed E-state index contributed by atoms with van der Waals surface area (Å²) in [5.41, 5.74) is 3.64. The molecule has 3 aromatic rings. The summed E-state index contributed by atoms with van der Waals surface area (Å²) in [6, 6.07) is 18.7. The molecule has 0 aliphatic carbocycles. The maximum absolute atomic E-state index is 12.3. The number of fused-ring (bicyclic) bond motifs is 1. The van der Waals surface area contributed by atoms with Crippen LogP contribution in [-0.4, -0.2) is 16.9 Å². The maximum atomic E-state index is 12.3. The van der Waals surface area contributed by atoms with E-state index in [-0.39, 0.29) is 11.9 Å². The van der Waals surface area contributed by atoms with E-state index in [2.05, 4.69) is 10.3 Å². The molecule has 1 atom stereocenters. The van der Waals surface area contributed by atoms with Crippen LogP contribution >= 0.6 is 0 Å². The lowest BCUT2D eigenvalue weighted by atomic mass is 10.1. The Balaban J connectivity index is 1.78. The Bertz CT molecular complexity index is 987. The number of hydrogen-bond acceptors (Lipinski definition) is 5. The molecule has 2 aromatic carbocycles. The second-order valence-corrected chi connectivity index (χ2v) is 6.15. The Morgan fingerprint density at radius 1 is 1.04 bits per heavy atom. The molecule has 6 heteroatoms. The highest BCUT2D eigenvalue weighted by Gasteiger charge is 2.36. The van der Waals surface area contributed by atoms with Crippen molar-refractivity contribution in [2.75, 3.05) is 10.2 Å². The number of nitrogens with one attached hydrogen (secondary N) is 1. The van der Waals surface area contributed by atoms with Gasteiger partial charge in [0.15, 0.2) is 0 Å². The zero-order chi connectivity index (χ0) is 18.8. The van der Waals surface area contributed by atoms with E-state index < -0.39 is 6.23 Å². The van der Waals surface area contributed by atoms with E-state index in [0.717, 1.165) is 16.9 Å². The lowest BCUT2D eigenvalue weighted by molar-refractivity contribution is -0.114. The van der Waals surface area contributed by atoms with Gasteiger partial charge in [-0.3, -0.25) is 9.78 Å². The van der Waals surface area contributed by atoms with Gasteiger partial charge < -0.3 is 15.0 Å². The number of cyclic esters (lactones) is 1. The van der Waals surface area contributed by atoms with Crippen molar-refractivity contribution in [3.8, 4) is 0 Å². The van der Waals surface area contributed by atoms with Gasteiger partial charge in [0.1, 0.15) is 0 Å². The van der Waals surface area contributed by atoms with Gasteiger partial charge in [0.05, 0.1) is 5.56 Å². The number of hydrogen-bond donors (Lipinski definition) is 1. The monoisotopic (exact) mass is 359 g/mol. The van der Waals surface area contributed by atoms with Crippen molar-refractivity contribution in [3.63, 3.8) is 0 Å². The van der Waals surface area contributed by atoms with Gasteiger partial charge >= 0.3 is 5.97 Å². The van der Waals surface area contributed by atoms with Crippen molar-refractivity contribution < 1.29 is 14.3 Å². The first-order chi connectivity index (χ1) is 13.1. The third-order valence-corrected chi connectivity index (χ3v) is 4.29. The third-order valence-electron chi connectivity index (χ3n) is 4.29. The molecule has 0 spiro atoms.